The molecule has 1 fully saturated rings. The number of Topliss-reactive ketones (excluding diaryl/α,β-unsaturated/α-hetero) is 1. The van der Waals surface area contributed by atoms with E-state index in [9.17, 15) is 4.79 Å². The fraction of sp³-hybridized carbons (Fsp3) is 0.417. The van der Waals surface area contributed by atoms with E-state index in [1.54, 1.807) is 0 Å². The van der Waals surface area contributed by atoms with Crippen LogP contribution in [0.25, 0.3) is 0 Å². The number of hydrogen-bond donors (Lipinski definition) is 0. The number of carbonyl (C=O) groups excluding carboxylic acids is 1. The van der Waals surface area contributed by atoms with Crippen molar-refractivity contribution in [3.8, 4) is 0 Å². The first kappa shape index (κ1) is 11.2. The Morgan fingerprint density at radius 2 is 2.00 bits per heavy atom. The molecule has 0 N–H and O–H groups in total. The van der Waals surface area contributed by atoms with Crippen LogP contribution in [0.15, 0.2) is 22.7 Å². The number of carbonyl (C=O) groups is 1. The summed E-state index contributed by atoms with van der Waals surface area (Å²) in [7, 11) is 0. The Morgan fingerprint density at radius 1 is 1.33 bits per heavy atom. The molecular formula is C12H12BrClO. The Hall–Kier alpha value is -0.340. The molecule has 1 saturated carbocycles. The Kier molecular flexibility index (Phi) is 3.47. The van der Waals surface area contributed by atoms with Crippen molar-refractivity contribution >= 4 is 33.3 Å². The van der Waals surface area contributed by atoms with Gasteiger partial charge in [-0.3, -0.25) is 4.79 Å². The summed E-state index contributed by atoms with van der Waals surface area (Å²) in [6.45, 7) is 0. The van der Waals surface area contributed by atoms with Gasteiger partial charge in [-0.1, -0.05) is 30.5 Å². The summed E-state index contributed by atoms with van der Waals surface area (Å²) in [5.74, 6) is 0.399. The standard InChI is InChI=1S/C12H12BrClO/c13-10-7-3-6-9(11(10)14)12(15)8-4-1-2-5-8/h3,6-8H,1-2,4-5H2. The molecule has 0 saturated heterocycles. The highest BCUT2D eigenvalue weighted by molar-refractivity contribution is 9.10. The van der Waals surface area contributed by atoms with Gasteiger partial charge in [0.2, 0.25) is 0 Å². The molecular weight excluding hydrogens is 275 g/mol. The molecule has 1 aliphatic rings. The first-order valence-electron chi connectivity index (χ1n) is 5.18. The number of halogens is 2. The molecule has 0 spiro atoms. The maximum atomic E-state index is 12.1. The van der Waals surface area contributed by atoms with E-state index in [1.165, 1.54) is 12.8 Å². The third kappa shape index (κ3) is 2.26. The number of ketones is 1. The second-order valence-electron chi connectivity index (χ2n) is 3.95. The number of rotatable bonds is 2. The largest absolute Gasteiger partial charge is 0.294 e. The first-order chi connectivity index (χ1) is 7.20. The minimum Gasteiger partial charge on any atom is -0.294 e. The van der Waals surface area contributed by atoms with E-state index < -0.39 is 0 Å². The molecule has 0 heterocycles. The van der Waals surface area contributed by atoms with E-state index in [0.717, 1.165) is 17.3 Å². The van der Waals surface area contributed by atoms with Crippen LogP contribution in [0.3, 0.4) is 0 Å². The van der Waals surface area contributed by atoms with E-state index in [1.807, 2.05) is 18.2 Å². The van der Waals surface area contributed by atoms with Crippen LogP contribution < -0.4 is 0 Å². The maximum Gasteiger partial charge on any atom is 0.167 e. The van der Waals surface area contributed by atoms with Gasteiger partial charge in [-0.15, -0.1) is 0 Å². The van der Waals surface area contributed by atoms with E-state index in [4.69, 9.17) is 11.6 Å². The third-order valence-electron chi connectivity index (χ3n) is 2.94. The van der Waals surface area contributed by atoms with E-state index >= 15 is 0 Å². The molecule has 0 aliphatic heterocycles. The van der Waals surface area contributed by atoms with E-state index in [2.05, 4.69) is 15.9 Å². The SMILES string of the molecule is O=C(c1cccc(Br)c1Cl)C1CCCC1. The normalized spacial score (nSPS) is 16.9. The van der Waals surface area contributed by atoms with Crippen LogP contribution in [0, 0.1) is 5.92 Å². The molecule has 0 aromatic heterocycles. The van der Waals surface area contributed by atoms with Gasteiger partial charge >= 0.3 is 0 Å². The lowest BCUT2D eigenvalue weighted by molar-refractivity contribution is 0.0923. The topological polar surface area (TPSA) is 17.1 Å². The zero-order valence-corrected chi connectivity index (χ0v) is 10.6. The van der Waals surface area contributed by atoms with Gasteiger partial charge in [0.1, 0.15) is 0 Å². The molecule has 0 atom stereocenters. The van der Waals surface area contributed by atoms with Crippen LogP contribution in [0.2, 0.25) is 5.02 Å². The molecule has 0 radical (unpaired) electrons. The Labute approximate surface area is 103 Å². The van der Waals surface area contributed by atoms with Crippen LogP contribution in [0.1, 0.15) is 36.0 Å². The summed E-state index contributed by atoms with van der Waals surface area (Å²) in [5.41, 5.74) is 0.665. The molecule has 1 nitrogen and oxygen atoms in total. The van der Waals surface area contributed by atoms with Crippen molar-refractivity contribution in [2.75, 3.05) is 0 Å². The highest BCUT2D eigenvalue weighted by atomic mass is 79.9. The van der Waals surface area contributed by atoms with Crippen LogP contribution in [0.5, 0.6) is 0 Å². The highest BCUT2D eigenvalue weighted by Gasteiger charge is 2.25. The lowest BCUT2D eigenvalue weighted by Gasteiger charge is -2.09. The molecule has 15 heavy (non-hydrogen) atoms. The van der Waals surface area contributed by atoms with E-state index in [0.29, 0.717) is 10.6 Å². The zero-order chi connectivity index (χ0) is 10.8. The fourth-order valence-corrected chi connectivity index (χ4v) is 2.69. The minimum absolute atomic E-state index is 0.191. The van der Waals surface area contributed by atoms with Crippen LogP contribution in [0.4, 0.5) is 0 Å². The van der Waals surface area contributed by atoms with Crippen molar-refractivity contribution < 1.29 is 4.79 Å². The smallest absolute Gasteiger partial charge is 0.167 e. The molecule has 80 valence electrons. The van der Waals surface area contributed by atoms with Crippen molar-refractivity contribution in [2.24, 2.45) is 5.92 Å². The van der Waals surface area contributed by atoms with Crippen molar-refractivity contribution in [3.63, 3.8) is 0 Å². The summed E-state index contributed by atoms with van der Waals surface area (Å²) in [6, 6.07) is 5.53. The van der Waals surface area contributed by atoms with Gasteiger partial charge in [0.05, 0.1) is 5.02 Å². The van der Waals surface area contributed by atoms with Crippen molar-refractivity contribution in [1.29, 1.82) is 0 Å². The summed E-state index contributed by atoms with van der Waals surface area (Å²) in [4.78, 5) is 12.1. The van der Waals surface area contributed by atoms with Crippen LogP contribution in [-0.4, -0.2) is 5.78 Å². The van der Waals surface area contributed by atoms with Crippen molar-refractivity contribution in [1.82, 2.24) is 0 Å². The zero-order valence-electron chi connectivity index (χ0n) is 8.30. The van der Waals surface area contributed by atoms with Crippen LogP contribution in [-0.2, 0) is 0 Å². The Bertz CT molecular complexity index is 383. The second kappa shape index (κ2) is 4.67. The fourth-order valence-electron chi connectivity index (χ4n) is 2.10. The quantitative estimate of drug-likeness (QED) is 0.733. The molecule has 0 amide bonds. The molecule has 1 aliphatic carbocycles. The van der Waals surface area contributed by atoms with Gasteiger partial charge in [-0.05, 0) is 40.9 Å². The summed E-state index contributed by atoms with van der Waals surface area (Å²) >= 11 is 9.44. The summed E-state index contributed by atoms with van der Waals surface area (Å²) in [5, 5.41) is 0.550. The third-order valence-corrected chi connectivity index (χ3v) is 4.24. The summed E-state index contributed by atoms with van der Waals surface area (Å²) in [6.07, 6.45) is 4.37. The number of benzene rings is 1. The number of hydrogen-bond acceptors (Lipinski definition) is 1. The second-order valence-corrected chi connectivity index (χ2v) is 5.18. The average molecular weight is 288 g/mol. The molecule has 0 bridgehead atoms. The Morgan fingerprint density at radius 3 is 2.67 bits per heavy atom. The van der Waals surface area contributed by atoms with Gasteiger partial charge < -0.3 is 0 Å². The molecule has 2 rings (SSSR count). The van der Waals surface area contributed by atoms with Crippen molar-refractivity contribution in [2.45, 2.75) is 25.7 Å². The van der Waals surface area contributed by atoms with E-state index in [-0.39, 0.29) is 11.7 Å². The maximum absolute atomic E-state index is 12.1. The van der Waals surface area contributed by atoms with Gasteiger partial charge in [0.25, 0.3) is 0 Å². The van der Waals surface area contributed by atoms with Gasteiger partial charge in [0.15, 0.2) is 5.78 Å². The van der Waals surface area contributed by atoms with Crippen molar-refractivity contribution in [3.05, 3.63) is 33.3 Å². The molecule has 1 aromatic carbocycles. The predicted octanol–water partition coefficient (Wildman–Crippen LogP) is 4.48. The predicted molar refractivity (Wildman–Crippen MR) is 65.4 cm³/mol. The molecule has 3 heteroatoms. The molecule has 1 aromatic rings. The molecule has 0 unspecified atom stereocenters. The monoisotopic (exact) mass is 286 g/mol. The van der Waals surface area contributed by atoms with Gasteiger partial charge in [-0.2, -0.15) is 0 Å². The lowest BCUT2D eigenvalue weighted by Crippen LogP contribution is -2.11. The lowest BCUT2D eigenvalue weighted by atomic mass is 9.96. The highest BCUT2D eigenvalue weighted by Crippen LogP contribution is 2.32. The summed E-state index contributed by atoms with van der Waals surface area (Å²) < 4.78 is 0.799. The van der Waals surface area contributed by atoms with Gasteiger partial charge in [0, 0.05) is 16.0 Å². The Balaban J connectivity index is 2.28. The average Bonchev–Trinajstić information content (AvgIpc) is 2.74. The first-order valence-corrected chi connectivity index (χ1v) is 6.35. The van der Waals surface area contributed by atoms with Gasteiger partial charge in [-0.25, -0.2) is 0 Å². The van der Waals surface area contributed by atoms with Crippen LogP contribution >= 0.6 is 27.5 Å². The minimum atomic E-state index is 0.191.